The summed E-state index contributed by atoms with van der Waals surface area (Å²) < 4.78 is 5.08. The van der Waals surface area contributed by atoms with Gasteiger partial charge >= 0.3 is 5.97 Å². The highest BCUT2D eigenvalue weighted by Crippen LogP contribution is 2.17. The number of ether oxygens (including phenoxy) is 1. The van der Waals surface area contributed by atoms with E-state index in [-0.39, 0.29) is 17.9 Å². The van der Waals surface area contributed by atoms with Crippen molar-refractivity contribution in [2.45, 2.75) is 18.9 Å². The zero-order valence-corrected chi connectivity index (χ0v) is 12.3. The molecule has 120 valence electrons. The van der Waals surface area contributed by atoms with E-state index in [4.69, 9.17) is 15.9 Å². The highest BCUT2D eigenvalue weighted by molar-refractivity contribution is 5.98. The summed E-state index contributed by atoms with van der Waals surface area (Å²) in [5, 5.41) is 21.2. The monoisotopic (exact) mass is 308 g/mol. The Balaban J connectivity index is 2.64. The van der Waals surface area contributed by atoms with E-state index in [2.05, 4.69) is 10.6 Å². The number of methoxy groups -OCH3 is 1. The fourth-order valence-corrected chi connectivity index (χ4v) is 1.85. The first-order chi connectivity index (χ1) is 10.5. The maximum absolute atomic E-state index is 12.2. The Bertz CT molecular complexity index is 547. The number of nitrogens with one attached hydrogen (secondary N) is 3. The third kappa shape index (κ3) is 5.31. The van der Waals surface area contributed by atoms with Crippen LogP contribution in [0.3, 0.4) is 0 Å². The second-order valence-corrected chi connectivity index (χ2v) is 4.55. The average Bonchev–Trinajstić information content (AvgIpc) is 2.49. The van der Waals surface area contributed by atoms with Crippen molar-refractivity contribution in [1.82, 2.24) is 10.6 Å². The number of carbonyl (C=O) groups is 2. The van der Waals surface area contributed by atoms with Crippen molar-refractivity contribution in [2.24, 2.45) is 5.73 Å². The molecule has 8 nitrogen and oxygen atoms in total. The van der Waals surface area contributed by atoms with E-state index in [0.29, 0.717) is 18.7 Å². The van der Waals surface area contributed by atoms with Crippen LogP contribution >= 0.6 is 0 Å². The van der Waals surface area contributed by atoms with Gasteiger partial charge in [0.2, 0.25) is 0 Å². The normalized spacial score (nSPS) is 11.3. The Morgan fingerprint density at radius 3 is 2.68 bits per heavy atom. The molecule has 0 saturated carbocycles. The van der Waals surface area contributed by atoms with Gasteiger partial charge in [0.15, 0.2) is 5.96 Å². The first-order valence-electron chi connectivity index (χ1n) is 6.70. The zero-order chi connectivity index (χ0) is 16.5. The van der Waals surface area contributed by atoms with Crippen LogP contribution in [-0.2, 0) is 4.79 Å². The molecule has 22 heavy (non-hydrogen) atoms. The molecule has 0 aliphatic rings. The van der Waals surface area contributed by atoms with Crippen LogP contribution in [0.2, 0.25) is 0 Å². The lowest BCUT2D eigenvalue weighted by molar-refractivity contribution is -0.139. The molecule has 0 fully saturated rings. The van der Waals surface area contributed by atoms with Gasteiger partial charge in [-0.1, -0.05) is 12.1 Å². The molecular formula is C14H20N4O4. The molecule has 1 atom stereocenters. The second-order valence-electron chi connectivity index (χ2n) is 4.55. The minimum atomic E-state index is -1.12. The van der Waals surface area contributed by atoms with E-state index in [1.807, 2.05) is 0 Å². The van der Waals surface area contributed by atoms with E-state index in [1.165, 1.54) is 7.11 Å². The van der Waals surface area contributed by atoms with E-state index in [1.54, 1.807) is 24.3 Å². The summed E-state index contributed by atoms with van der Waals surface area (Å²) in [7, 11) is 1.44. The Labute approximate surface area is 128 Å². The minimum absolute atomic E-state index is 0.176. The van der Waals surface area contributed by atoms with Gasteiger partial charge in [0.1, 0.15) is 11.8 Å². The fourth-order valence-electron chi connectivity index (χ4n) is 1.85. The second kappa shape index (κ2) is 8.50. The van der Waals surface area contributed by atoms with Crippen LogP contribution in [-0.4, -0.2) is 42.6 Å². The topological polar surface area (TPSA) is 138 Å². The summed E-state index contributed by atoms with van der Waals surface area (Å²) in [6.45, 7) is 0.365. The molecule has 0 spiro atoms. The highest BCUT2D eigenvalue weighted by Gasteiger charge is 2.21. The molecule has 1 unspecified atom stereocenters. The van der Waals surface area contributed by atoms with Crippen LogP contribution in [0.25, 0.3) is 0 Å². The number of amides is 1. The summed E-state index contributed by atoms with van der Waals surface area (Å²) in [4.78, 5) is 23.4. The van der Waals surface area contributed by atoms with Crippen LogP contribution in [0.15, 0.2) is 24.3 Å². The van der Waals surface area contributed by atoms with Crippen LogP contribution in [0, 0.1) is 5.41 Å². The molecule has 0 radical (unpaired) electrons. The molecule has 1 amide bonds. The number of rotatable bonds is 8. The zero-order valence-electron chi connectivity index (χ0n) is 12.3. The number of benzene rings is 1. The van der Waals surface area contributed by atoms with Crippen LogP contribution in [0.4, 0.5) is 0 Å². The molecule has 0 aliphatic heterocycles. The number of carbonyl (C=O) groups excluding carboxylic acids is 1. The molecule has 0 saturated heterocycles. The van der Waals surface area contributed by atoms with Gasteiger partial charge in [0, 0.05) is 6.54 Å². The summed E-state index contributed by atoms with van der Waals surface area (Å²) in [5.41, 5.74) is 5.41. The average molecular weight is 308 g/mol. The number of guanidine groups is 1. The molecule has 0 aromatic heterocycles. The predicted octanol–water partition coefficient (Wildman–Crippen LogP) is 0.141. The third-order valence-corrected chi connectivity index (χ3v) is 2.94. The number of para-hydroxylation sites is 1. The van der Waals surface area contributed by atoms with Crippen molar-refractivity contribution >= 4 is 17.8 Å². The summed E-state index contributed by atoms with van der Waals surface area (Å²) in [6, 6.07) is 5.55. The lowest BCUT2D eigenvalue weighted by Gasteiger charge is -2.16. The van der Waals surface area contributed by atoms with Crippen molar-refractivity contribution < 1.29 is 19.4 Å². The summed E-state index contributed by atoms with van der Waals surface area (Å²) >= 11 is 0. The molecule has 1 aromatic carbocycles. The van der Waals surface area contributed by atoms with Crippen molar-refractivity contribution in [2.75, 3.05) is 13.7 Å². The first-order valence-corrected chi connectivity index (χ1v) is 6.70. The molecule has 1 aromatic rings. The van der Waals surface area contributed by atoms with E-state index in [9.17, 15) is 14.7 Å². The molecule has 0 heterocycles. The van der Waals surface area contributed by atoms with E-state index < -0.39 is 17.9 Å². The van der Waals surface area contributed by atoms with Crippen molar-refractivity contribution in [3.63, 3.8) is 0 Å². The van der Waals surface area contributed by atoms with Gasteiger partial charge in [0.25, 0.3) is 5.91 Å². The third-order valence-electron chi connectivity index (χ3n) is 2.94. The predicted molar refractivity (Wildman–Crippen MR) is 81.0 cm³/mol. The smallest absolute Gasteiger partial charge is 0.326 e. The molecule has 6 N–H and O–H groups in total. The first kappa shape index (κ1) is 17.3. The largest absolute Gasteiger partial charge is 0.496 e. The lowest BCUT2D eigenvalue weighted by Crippen LogP contribution is -2.41. The Hall–Kier alpha value is -2.77. The van der Waals surface area contributed by atoms with Gasteiger partial charge in [-0.05, 0) is 25.0 Å². The van der Waals surface area contributed by atoms with Crippen LogP contribution < -0.4 is 21.1 Å². The van der Waals surface area contributed by atoms with Crippen LogP contribution in [0.5, 0.6) is 5.75 Å². The van der Waals surface area contributed by atoms with Crippen molar-refractivity contribution in [3.8, 4) is 5.75 Å². The van der Waals surface area contributed by atoms with Gasteiger partial charge in [0.05, 0.1) is 12.7 Å². The van der Waals surface area contributed by atoms with Gasteiger partial charge < -0.3 is 26.2 Å². The Kier molecular flexibility index (Phi) is 6.68. The maximum atomic E-state index is 12.2. The highest BCUT2D eigenvalue weighted by atomic mass is 16.5. The van der Waals surface area contributed by atoms with Gasteiger partial charge in [-0.15, -0.1) is 0 Å². The quantitative estimate of drug-likeness (QED) is 0.263. The van der Waals surface area contributed by atoms with Crippen molar-refractivity contribution in [1.29, 1.82) is 5.41 Å². The summed E-state index contributed by atoms with van der Waals surface area (Å²) in [6.07, 6.45) is 0.666. The molecule has 8 heteroatoms. The number of hydrogen-bond acceptors (Lipinski definition) is 4. The number of carboxylic acids is 1. The number of carboxylic acid groups (broad SMARTS) is 1. The van der Waals surface area contributed by atoms with Crippen molar-refractivity contribution in [3.05, 3.63) is 29.8 Å². The van der Waals surface area contributed by atoms with E-state index in [0.717, 1.165) is 0 Å². The lowest BCUT2D eigenvalue weighted by atomic mass is 10.1. The van der Waals surface area contributed by atoms with Crippen LogP contribution in [0.1, 0.15) is 23.2 Å². The number of aliphatic carboxylic acids is 1. The molecule has 1 rings (SSSR count). The summed E-state index contributed by atoms with van der Waals surface area (Å²) in [5.74, 6) is -1.43. The number of hydrogen-bond donors (Lipinski definition) is 5. The molecule has 0 bridgehead atoms. The van der Waals surface area contributed by atoms with Gasteiger partial charge in [-0.3, -0.25) is 10.2 Å². The Morgan fingerprint density at radius 1 is 1.41 bits per heavy atom. The van der Waals surface area contributed by atoms with Gasteiger partial charge in [-0.25, -0.2) is 4.79 Å². The fraction of sp³-hybridized carbons (Fsp3) is 0.357. The number of nitrogens with two attached hydrogens (primary N) is 1. The Morgan fingerprint density at radius 2 is 2.09 bits per heavy atom. The minimum Gasteiger partial charge on any atom is -0.496 e. The SMILES string of the molecule is COc1ccccc1C(=O)NC(CCCNC(=N)N)C(=O)O. The standard InChI is InChI=1S/C14H20N4O4/c1-22-11-7-3-2-5-9(11)12(19)18-10(13(20)21)6-4-8-17-14(15)16/h2-3,5,7,10H,4,6,8H2,1H3,(H,18,19)(H,20,21)(H4,15,16,17). The van der Waals surface area contributed by atoms with Gasteiger partial charge in [-0.2, -0.15) is 0 Å². The maximum Gasteiger partial charge on any atom is 0.326 e. The molecule has 0 aliphatic carbocycles. The molecular weight excluding hydrogens is 288 g/mol. The van der Waals surface area contributed by atoms with E-state index >= 15 is 0 Å².